The molecule has 0 saturated carbocycles. The zero-order chi connectivity index (χ0) is 16.1. The molecule has 1 aliphatic rings. The summed E-state index contributed by atoms with van der Waals surface area (Å²) in [5.74, 6) is 0.889. The lowest BCUT2D eigenvalue weighted by Crippen LogP contribution is -2.33. The highest BCUT2D eigenvalue weighted by molar-refractivity contribution is 7.80. The quantitative estimate of drug-likeness (QED) is 0.843. The molecule has 0 bridgehead atoms. The Morgan fingerprint density at radius 1 is 1.17 bits per heavy atom. The van der Waals surface area contributed by atoms with Gasteiger partial charge in [-0.2, -0.15) is 0 Å². The third-order valence-electron chi connectivity index (χ3n) is 3.78. The Hall–Kier alpha value is -2.40. The summed E-state index contributed by atoms with van der Waals surface area (Å²) in [6.07, 6.45) is 1.81. The smallest absolute Gasteiger partial charge is 0.198 e. The highest BCUT2D eigenvalue weighted by atomic mass is 32.1. The number of amidine groups is 1. The molecule has 1 aliphatic heterocycles. The summed E-state index contributed by atoms with van der Waals surface area (Å²) in [6.45, 7) is 3.02. The van der Waals surface area contributed by atoms with Gasteiger partial charge in [-0.05, 0) is 42.4 Å². The van der Waals surface area contributed by atoms with E-state index < -0.39 is 0 Å². The fraction of sp³-hybridized carbons (Fsp3) is 0.222. The van der Waals surface area contributed by atoms with Crippen LogP contribution in [0.4, 0.5) is 11.4 Å². The SMILES string of the molecule is CCc1ccccc1NC(=S)/N=C1/CCN(c2ccccc2)N1. The minimum Gasteiger partial charge on any atom is -0.331 e. The van der Waals surface area contributed by atoms with Gasteiger partial charge in [-0.15, -0.1) is 0 Å². The van der Waals surface area contributed by atoms with Gasteiger partial charge in [-0.3, -0.25) is 10.4 Å². The molecule has 0 spiro atoms. The molecule has 0 amide bonds. The number of aliphatic imine (C=N–C) groups is 1. The number of hydrazine groups is 1. The maximum Gasteiger partial charge on any atom is 0.198 e. The second kappa shape index (κ2) is 7.24. The van der Waals surface area contributed by atoms with Crippen LogP contribution in [0.25, 0.3) is 0 Å². The average Bonchev–Trinajstić information content (AvgIpc) is 3.04. The fourth-order valence-electron chi connectivity index (χ4n) is 2.58. The van der Waals surface area contributed by atoms with E-state index in [0.717, 1.165) is 36.6 Å². The third kappa shape index (κ3) is 3.87. The van der Waals surface area contributed by atoms with Gasteiger partial charge >= 0.3 is 0 Å². The largest absolute Gasteiger partial charge is 0.331 e. The number of aryl methyl sites for hydroxylation is 1. The summed E-state index contributed by atoms with van der Waals surface area (Å²) in [6, 6.07) is 18.4. The van der Waals surface area contributed by atoms with E-state index in [2.05, 4.69) is 45.9 Å². The maximum atomic E-state index is 5.38. The van der Waals surface area contributed by atoms with Crippen molar-refractivity contribution in [1.82, 2.24) is 5.43 Å². The third-order valence-corrected chi connectivity index (χ3v) is 3.97. The van der Waals surface area contributed by atoms with Crippen LogP contribution < -0.4 is 15.8 Å². The highest BCUT2D eigenvalue weighted by Crippen LogP contribution is 2.17. The lowest BCUT2D eigenvalue weighted by atomic mass is 10.1. The van der Waals surface area contributed by atoms with Crippen molar-refractivity contribution in [2.45, 2.75) is 19.8 Å². The number of hydrogen-bond donors (Lipinski definition) is 2. The molecule has 2 aromatic rings. The van der Waals surface area contributed by atoms with Gasteiger partial charge in [0.25, 0.3) is 0 Å². The van der Waals surface area contributed by atoms with E-state index in [1.165, 1.54) is 5.56 Å². The number of hydrogen-bond acceptors (Lipinski definition) is 2. The number of anilines is 2. The summed E-state index contributed by atoms with van der Waals surface area (Å²) < 4.78 is 0. The molecule has 2 N–H and O–H groups in total. The van der Waals surface area contributed by atoms with Gasteiger partial charge in [-0.25, -0.2) is 4.99 Å². The number of nitrogens with zero attached hydrogens (tertiary/aromatic N) is 2. The molecule has 2 aromatic carbocycles. The zero-order valence-electron chi connectivity index (χ0n) is 13.1. The summed E-state index contributed by atoms with van der Waals surface area (Å²) in [4.78, 5) is 4.51. The maximum absolute atomic E-state index is 5.38. The Balaban J connectivity index is 1.65. The number of nitrogens with one attached hydrogen (secondary N) is 2. The van der Waals surface area contributed by atoms with Crippen LogP contribution in [0, 0.1) is 0 Å². The van der Waals surface area contributed by atoms with Crippen LogP contribution in [0.3, 0.4) is 0 Å². The van der Waals surface area contributed by atoms with E-state index >= 15 is 0 Å². The lowest BCUT2D eigenvalue weighted by molar-refractivity contribution is 0.858. The molecule has 0 unspecified atom stereocenters. The van der Waals surface area contributed by atoms with E-state index in [9.17, 15) is 0 Å². The molecule has 1 heterocycles. The molecule has 1 saturated heterocycles. The Kier molecular flexibility index (Phi) is 4.88. The van der Waals surface area contributed by atoms with Gasteiger partial charge in [0.15, 0.2) is 5.11 Å². The van der Waals surface area contributed by atoms with Crippen molar-refractivity contribution in [2.75, 3.05) is 16.9 Å². The second-order valence-electron chi connectivity index (χ2n) is 5.35. The van der Waals surface area contributed by atoms with Crippen molar-refractivity contribution in [3.63, 3.8) is 0 Å². The summed E-state index contributed by atoms with van der Waals surface area (Å²) in [5, 5.41) is 5.80. The predicted octanol–water partition coefficient (Wildman–Crippen LogP) is 3.76. The average molecular weight is 324 g/mol. The van der Waals surface area contributed by atoms with Crippen LogP contribution >= 0.6 is 12.2 Å². The number of rotatable bonds is 3. The fourth-order valence-corrected chi connectivity index (χ4v) is 2.80. The van der Waals surface area contributed by atoms with Gasteiger partial charge in [0.2, 0.25) is 0 Å². The number of para-hydroxylation sites is 2. The Morgan fingerprint density at radius 2 is 1.91 bits per heavy atom. The van der Waals surface area contributed by atoms with E-state index in [0.29, 0.717) is 5.11 Å². The first kappa shape index (κ1) is 15.5. The van der Waals surface area contributed by atoms with Gasteiger partial charge in [-0.1, -0.05) is 43.3 Å². The van der Waals surface area contributed by atoms with Crippen molar-refractivity contribution in [1.29, 1.82) is 0 Å². The van der Waals surface area contributed by atoms with E-state index in [4.69, 9.17) is 12.2 Å². The monoisotopic (exact) mass is 324 g/mol. The van der Waals surface area contributed by atoms with Gasteiger partial charge < -0.3 is 5.32 Å². The molecule has 118 valence electrons. The molecule has 4 nitrogen and oxygen atoms in total. The van der Waals surface area contributed by atoms with Crippen LogP contribution in [0.15, 0.2) is 59.6 Å². The lowest BCUT2D eigenvalue weighted by Gasteiger charge is -2.17. The normalized spacial score (nSPS) is 15.5. The predicted molar refractivity (Wildman–Crippen MR) is 101 cm³/mol. The molecule has 23 heavy (non-hydrogen) atoms. The van der Waals surface area contributed by atoms with Gasteiger partial charge in [0.1, 0.15) is 5.84 Å². The van der Waals surface area contributed by atoms with Crippen molar-refractivity contribution in [3.8, 4) is 0 Å². The van der Waals surface area contributed by atoms with Crippen LogP contribution in [-0.2, 0) is 6.42 Å². The molecule has 5 heteroatoms. The minimum absolute atomic E-state index is 0.489. The second-order valence-corrected chi connectivity index (χ2v) is 5.74. The molecular formula is C18H20N4S. The van der Waals surface area contributed by atoms with Crippen molar-refractivity contribution in [2.24, 2.45) is 4.99 Å². The molecule has 0 atom stereocenters. The summed E-state index contributed by atoms with van der Waals surface area (Å²) in [5.41, 5.74) is 6.71. The molecule has 3 rings (SSSR count). The van der Waals surface area contributed by atoms with Crippen LogP contribution in [0.5, 0.6) is 0 Å². The summed E-state index contributed by atoms with van der Waals surface area (Å²) >= 11 is 5.38. The Morgan fingerprint density at radius 3 is 2.70 bits per heavy atom. The topological polar surface area (TPSA) is 39.7 Å². The number of thiocarbonyl (C=S) groups is 1. The van der Waals surface area contributed by atoms with E-state index in [1.54, 1.807) is 0 Å². The van der Waals surface area contributed by atoms with Gasteiger partial charge in [0, 0.05) is 18.7 Å². The molecule has 0 aliphatic carbocycles. The molecule has 0 aromatic heterocycles. The van der Waals surface area contributed by atoms with Crippen molar-refractivity contribution >= 4 is 34.5 Å². The van der Waals surface area contributed by atoms with Crippen molar-refractivity contribution in [3.05, 3.63) is 60.2 Å². The first-order valence-corrected chi connectivity index (χ1v) is 8.23. The van der Waals surface area contributed by atoms with E-state index in [-0.39, 0.29) is 0 Å². The van der Waals surface area contributed by atoms with E-state index in [1.807, 2.05) is 36.4 Å². The Labute approximate surface area is 142 Å². The zero-order valence-corrected chi connectivity index (χ0v) is 13.9. The molecular weight excluding hydrogens is 304 g/mol. The first-order valence-electron chi connectivity index (χ1n) is 7.82. The van der Waals surface area contributed by atoms with Crippen LogP contribution in [0.1, 0.15) is 18.9 Å². The Bertz CT molecular complexity index is 712. The van der Waals surface area contributed by atoms with Crippen LogP contribution in [0.2, 0.25) is 0 Å². The highest BCUT2D eigenvalue weighted by Gasteiger charge is 2.17. The molecule has 1 fully saturated rings. The number of benzene rings is 2. The van der Waals surface area contributed by atoms with Crippen LogP contribution in [-0.4, -0.2) is 17.5 Å². The summed E-state index contributed by atoms with van der Waals surface area (Å²) in [7, 11) is 0. The van der Waals surface area contributed by atoms with Gasteiger partial charge in [0.05, 0.1) is 5.69 Å². The molecule has 0 radical (unpaired) electrons. The first-order chi connectivity index (χ1) is 11.3. The standard InChI is InChI=1S/C18H20N4S/c1-2-14-8-6-7-11-16(14)19-18(23)20-17-12-13-22(21-17)15-9-4-3-5-10-15/h3-11H,2,12-13H2,1H3,(H2,19,20,21,23). The van der Waals surface area contributed by atoms with Crippen molar-refractivity contribution < 1.29 is 0 Å². The minimum atomic E-state index is 0.489.